The van der Waals surface area contributed by atoms with Crippen LogP contribution in [0.2, 0.25) is 0 Å². The number of carbonyl (C=O) groups is 1. The van der Waals surface area contributed by atoms with E-state index in [1.807, 2.05) is 50.2 Å². The normalized spacial score (nSPS) is 10.7. The van der Waals surface area contributed by atoms with Crippen LogP contribution < -0.4 is 9.64 Å². The van der Waals surface area contributed by atoms with Gasteiger partial charge in [-0.05, 0) is 37.1 Å². The molecule has 0 spiro atoms. The van der Waals surface area contributed by atoms with Crippen LogP contribution in [0, 0.1) is 13.8 Å². The first kappa shape index (κ1) is 17.5. The minimum Gasteiger partial charge on any atom is -0.489 e. The van der Waals surface area contributed by atoms with E-state index in [-0.39, 0.29) is 5.91 Å². The molecule has 0 aliphatic rings. The summed E-state index contributed by atoms with van der Waals surface area (Å²) in [6, 6.07) is 13.7. The van der Waals surface area contributed by atoms with Crippen LogP contribution in [0.3, 0.4) is 0 Å². The molecule has 24 heavy (non-hydrogen) atoms. The number of oxime groups is 1. The molecule has 0 saturated carbocycles. The van der Waals surface area contributed by atoms with Gasteiger partial charge in [0.2, 0.25) is 0 Å². The van der Waals surface area contributed by atoms with E-state index in [0.29, 0.717) is 6.61 Å². The Hall–Kier alpha value is -2.82. The predicted octanol–water partition coefficient (Wildman–Crippen LogP) is 3.48. The van der Waals surface area contributed by atoms with E-state index in [4.69, 9.17) is 4.74 Å². The number of hydrogen-bond acceptors (Lipinski definition) is 4. The highest BCUT2D eigenvalue weighted by Gasteiger charge is 2.13. The molecule has 0 radical (unpaired) electrons. The van der Waals surface area contributed by atoms with Gasteiger partial charge in [-0.1, -0.05) is 35.5 Å². The van der Waals surface area contributed by atoms with Gasteiger partial charge in [0, 0.05) is 12.6 Å². The van der Waals surface area contributed by atoms with E-state index < -0.39 is 0 Å². The van der Waals surface area contributed by atoms with Crippen molar-refractivity contribution in [2.24, 2.45) is 5.16 Å². The molecule has 0 atom stereocenters. The lowest BCUT2D eigenvalue weighted by atomic mass is 10.1. The van der Waals surface area contributed by atoms with Crippen molar-refractivity contribution in [3.05, 3.63) is 59.2 Å². The number of anilines is 1. The highest BCUT2D eigenvalue weighted by molar-refractivity contribution is 6.32. The Kier molecular flexibility index (Phi) is 5.95. The van der Waals surface area contributed by atoms with Gasteiger partial charge in [0.1, 0.15) is 25.7 Å². The second kappa shape index (κ2) is 8.15. The molecule has 5 heteroatoms. The molecular formula is C19H22N2O3. The van der Waals surface area contributed by atoms with E-state index in [0.717, 1.165) is 34.3 Å². The van der Waals surface area contributed by atoms with Crippen molar-refractivity contribution in [3.8, 4) is 5.75 Å². The fraction of sp³-hybridized carbons (Fsp3) is 0.263. The van der Waals surface area contributed by atoms with E-state index in [1.165, 1.54) is 12.0 Å². The third-order valence-corrected chi connectivity index (χ3v) is 3.68. The zero-order chi connectivity index (χ0) is 17.5. The van der Waals surface area contributed by atoms with Crippen molar-refractivity contribution in [2.45, 2.75) is 20.5 Å². The number of rotatable bonds is 6. The molecule has 0 fully saturated rings. The zero-order valence-electron chi connectivity index (χ0n) is 14.4. The molecule has 5 nitrogen and oxygen atoms in total. The first-order chi connectivity index (χ1) is 11.5. The minimum absolute atomic E-state index is 0.268. The lowest BCUT2D eigenvalue weighted by Gasteiger charge is -2.19. The van der Waals surface area contributed by atoms with Gasteiger partial charge in [0.25, 0.3) is 5.91 Å². The number of benzene rings is 2. The topological polar surface area (TPSA) is 51.1 Å². The Labute approximate surface area is 142 Å². The Balaban J connectivity index is 2.18. The summed E-state index contributed by atoms with van der Waals surface area (Å²) < 4.78 is 5.96. The van der Waals surface area contributed by atoms with Crippen molar-refractivity contribution in [1.82, 2.24) is 0 Å². The number of nitrogens with zero attached hydrogens (tertiary/aromatic N) is 2. The van der Waals surface area contributed by atoms with E-state index >= 15 is 0 Å². The third-order valence-electron chi connectivity index (χ3n) is 3.68. The molecule has 0 bridgehead atoms. The second-order valence-electron chi connectivity index (χ2n) is 5.50. The fourth-order valence-electron chi connectivity index (χ4n) is 2.28. The quantitative estimate of drug-likeness (QED) is 0.603. The highest BCUT2D eigenvalue weighted by Crippen LogP contribution is 2.24. The van der Waals surface area contributed by atoms with Crippen molar-refractivity contribution in [2.75, 3.05) is 19.1 Å². The molecule has 0 unspecified atom stereocenters. The molecule has 0 aliphatic carbocycles. The van der Waals surface area contributed by atoms with Crippen LogP contribution in [0.5, 0.6) is 5.75 Å². The van der Waals surface area contributed by atoms with Crippen LogP contribution in [0.1, 0.15) is 16.7 Å². The average molecular weight is 326 g/mol. The predicted molar refractivity (Wildman–Crippen MR) is 95.6 cm³/mol. The number of amides is 1. The lowest BCUT2D eigenvalue weighted by molar-refractivity contribution is -0.112. The molecule has 2 rings (SSSR count). The molecule has 126 valence electrons. The van der Waals surface area contributed by atoms with Crippen LogP contribution in [-0.2, 0) is 16.2 Å². The molecule has 1 amide bonds. The number of carbonyl (C=O) groups excluding carboxylic acids is 1. The fourth-order valence-corrected chi connectivity index (χ4v) is 2.28. The van der Waals surface area contributed by atoms with Gasteiger partial charge in [0.15, 0.2) is 0 Å². The number of ether oxygens (including phenoxy) is 1. The van der Waals surface area contributed by atoms with Crippen molar-refractivity contribution in [1.29, 1.82) is 0 Å². The van der Waals surface area contributed by atoms with Gasteiger partial charge < -0.3 is 14.5 Å². The summed E-state index contributed by atoms with van der Waals surface area (Å²) in [4.78, 5) is 18.2. The largest absolute Gasteiger partial charge is 0.489 e. The van der Waals surface area contributed by atoms with Crippen LogP contribution in [-0.4, -0.2) is 26.3 Å². The standard InChI is InChI=1S/C19H22N2O3/c1-14-9-10-15(2)18(11-14)24-13-16-7-5-6-8-17(16)21(3)19(22)12-20-23-4/h5-12H,13H2,1-4H3/b20-12-. The second-order valence-corrected chi connectivity index (χ2v) is 5.50. The molecule has 2 aromatic rings. The SMILES string of the molecule is CO/N=C\C(=O)N(C)c1ccccc1COc1cc(C)ccc1C. The molecule has 0 saturated heterocycles. The van der Waals surface area contributed by atoms with Gasteiger partial charge in [-0.3, -0.25) is 4.79 Å². The molecule has 0 aromatic heterocycles. The van der Waals surface area contributed by atoms with Crippen LogP contribution >= 0.6 is 0 Å². The third kappa shape index (κ3) is 4.35. The maximum atomic E-state index is 12.1. The maximum absolute atomic E-state index is 12.1. The summed E-state index contributed by atoms with van der Waals surface area (Å²) >= 11 is 0. The van der Waals surface area contributed by atoms with E-state index in [2.05, 4.69) is 16.1 Å². The average Bonchev–Trinajstić information content (AvgIpc) is 2.60. The summed E-state index contributed by atoms with van der Waals surface area (Å²) in [7, 11) is 3.09. The highest BCUT2D eigenvalue weighted by atomic mass is 16.6. The molecular weight excluding hydrogens is 304 g/mol. The minimum atomic E-state index is -0.268. The Bertz CT molecular complexity index is 741. The first-order valence-corrected chi connectivity index (χ1v) is 7.65. The van der Waals surface area contributed by atoms with Gasteiger partial charge in [-0.25, -0.2) is 0 Å². The van der Waals surface area contributed by atoms with E-state index in [1.54, 1.807) is 7.05 Å². The maximum Gasteiger partial charge on any atom is 0.272 e. The summed E-state index contributed by atoms with van der Waals surface area (Å²) in [5.74, 6) is 0.579. The Morgan fingerprint density at radius 2 is 1.96 bits per heavy atom. The summed E-state index contributed by atoms with van der Waals surface area (Å²) in [5, 5.41) is 3.52. The van der Waals surface area contributed by atoms with Gasteiger partial charge in [-0.15, -0.1) is 0 Å². The smallest absolute Gasteiger partial charge is 0.272 e. The number of hydrogen-bond donors (Lipinski definition) is 0. The van der Waals surface area contributed by atoms with Crippen molar-refractivity contribution >= 4 is 17.8 Å². The molecule has 0 heterocycles. The van der Waals surface area contributed by atoms with Gasteiger partial charge >= 0.3 is 0 Å². The van der Waals surface area contributed by atoms with Crippen molar-refractivity contribution in [3.63, 3.8) is 0 Å². The summed E-state index contributed by atoms with van der Waals surface area (Å²) in [6.45, 7) is 4.42. The van der Waals surface area contributed by atoms with Crippen LogP contribution in [0.25, 0.3) is 0 Å². The monoisotopic (exact) mass is 326 g/mol. The lowest BCUT2D eigenvalue weighted by Crippen LogP contribution is -2.28. The van der Waals surface area contributed by atoms with Crippen molar-refractivity contribution < 1.29 is 14.4 Å². The molecule has 0 aliphatic heterocycles. The zero-order valence-corrected chi connectivity index (χ0v) is 14.4. The van der Waals surface area contributed by atoms with E-state index in [9.17, 15) is 4.79 Å². The Morgan fingerprint density at radius 1 is 1.21 bits per heavy atom. The van der Waals surface area contributed by atoms with Gasteiger partial charge in [-0.2, -0.15) is 0 Å². The molecule has 2 aromatic carbocycles. The number of aryl methyl sites for hydroxylation is 2. The van der Waals surface area contributed by atoms with Crippen LogP contribution in [0.4, 0.5) is 5.69 Å². The Morgan fingerprint density at radius 3 is 2.71 bits per heavy atom. The van der Waals surface area contributed by atoms with Crippen LogP contribution in [0.15, 0.2) is 47.6 Å². The number of para-hydroxylation sites is 1. The first-order valence-electron chi connectivity index (χ1n) is 7.65. The summed E-state index contributed by atoms with van der Waals surface area (Å²) in [6.07, 6.45) is 1.14. The summed E-state index contributed by atoms with van der Waals surface area (Å²) in [5.41, 5.74) is 3.91. The van der Waals surface area contributed by atoms with Gasteiger partial charge in [0.05, 0.1) is 5.69 Å². The molecule has 0 N–H and O–H groups in total.